The van der Waals surface area contributed by atoms with Gasteiger partial charge in [0.05, 0.1) is 34.7 Å². The lowest BCUT2D eigenvalue weighted by Gasteiger charge is -2.09. The van der Waals surface area contributed by atoms with Crippen LogP contribution in [0.25, 0.3) is 22.1 Å². The zero-order valence-electron chi connectivity index (χ0n) is 14.3. The summed E-state index contributed by atoms with van der Waals surface area (Å²) in [4.78, 5) is 8.97. The third kappa shape index (κ3) is 2.65. The van der Waals surface area contributed by atoms with E-state index in [-0.39, 0.29) is 0 Å². The van der Waals surface area contributed by atoms with E-state index in [1.165, 1.54) is 22.2 Å². The largest absolute Gasteiger partial charge is 0.326 e. The first-order chi connectivity index (χ1) is 12.9. The second kappa shape index (κ2) is 6.15. The van der Waals surface area contributed by atoms with Gasteiger partial charge in [0, 0.05) is 13.1 Å². The van der Waals surface area contributed by atoms with E-state index in [4.69, 9.17) is 0 Å². The van der Waals surface area contributed by atoms with Crippen molar-refractivity contribution in [1.29, 1.82) is 0 Å². The average Bonchev–Trinajstić information content (AvgIpc) is 3.27. The van der Waals surface area contributed by atoms with Crippen molar-refractivity contribution in [1.82, 2.24) is 19.1 Å². The fourth-order valence-electron chi connectivity index (χ4n) is 3.49. The standard InChI is InChI=1S/C22H18N4/c1-3-10-21-19(8-1)23-15-25(21)13-17-6-5-7-18(12-17)14-26-16-24-20-9-2-4-11-22(20)26/h1-12,15-16H,13-14H2. The number of hydrogen-bond acceptors (Lipinski definition) is 2. The van der Waals surface area contributed by atoms with Crippen molar-refractivity contribution in [3.63, 3.8) is 0 Å². The Morgan fingerprint density at radius 1 is 0.577 bits per heavy atom. The maximum absolute atomic E-state index is 4.48. The van der Waals surface area contributed by atoms with E-state index in [1.807, 2.05) is 36.9 Å². The minimum atomic E-state index is 0.818. The van der Waals surface area contributed by atoms with E-state index in [9.17, 15) is 0 Å². The maximum atomic E-state index is 4.48. The summed E-state index contributed by atoms with van der Waals surface area (Å²) in [5.41, 5.74) is 6.95. The van der Waals surface area contributed by atoms with Gasteiger partial charge in [0.15, 0.2) is 0 Å². The number of nitrogens with zero attached hydrogens (tertiary/aromatic N) is 4. The Morgan fingerprint density at radius 3 is 1.62 bits per heavy atom. The highest BCUT2D eigenvalue weighted by Crippen LogP contribution is 2.17. The highest BCUT2D eigenvalue weighted by molar-refractivity contribution is 5.75. The summed E-state index contributed by atoms with van der Waals surface area (Å²) in [7, 11) is 0. The second-order valence-corrected chi connectivity index (χ2v) is 6.54. The van der Waals surface area contributed by atoms with Crippen LogP contribution >= 0.6 is 0 Å². The Balaban J connectivity index is 1.44. The molecule has 0 saturated carbocycles. The van der Waals surface area contributed by atoms with Gasteiger partial charge in [-0.05, 0) is 35.4 Å². The van der Waals surface area contributed by atoms with E-state index < -0.39 is 0 Å². The van der Waals surface area contributed by atoms with Gasteiger partial charge in [0.25, 0.3) is 0 Å². The van der Waals surface area contributed by atoms with Crippen molar-refractivity contribution in [3.8, 4) is 0 Å². The van der Waals surface area contributed by atoms with E-state index in [2.05, 4.69) is 67.6 Å². The summed E-state index contributed by atoms with van der Waals surface area (Å²) in [5.74, 6) is 0. The second-order valence-electron chi connectivity index (χ2n) is 6.54. The van der Waals surface area contributed by atoms with Gasteiger partial charge in [-0.25, -0.2) is 9.97 Å². The highest BCUT2D eigenvalue weighted by atomic mass is 15.0. The molecule has 4 nitrogen and oxygen atoms in total. The number of imidazole rings is 2. The van der Waals surface area contributed by atoms with Crippen LogP contribution in [-0.2, 0) is 13.1 Å². The molecule has 0 aliphatic heterocycles. The van der Waals surface area contributed by atoms with Gasteiger partial charge in [-0.15, -0.1) is 0 Å². The Bertz CT molecular complexity index is 1110. The van der Waals surface area contributed by atoms with E-state index in [1.54, 1.807) is 0 Å². The molecule has 0 unspecified atom stereocenters. The molecule has 0 atom stereocenters. The highest BCUT2D eigenvalue weighted by Gasteiger charge is 2.05. The van der Waals surface area contributed by atoms with Gasteiger partial charge in [-0.1, -0.05) is 48.5 Å². The van der Waals surface area contributed by atoms with Crippen LogP contribution in [0.5, 0.6) is 0 Å². The Kier molecular flexibility index (Phi) is 3.53. The zero-order valence-corrected chi connectivity index (χ0v) is 14.3. The van der Waals surface area contributed by atoms with Gasteiger partial charge in [-0.2, -0.15) is 0 Å². The van der Waals surface area contributed by atoms with Crippen LogP contribution in [-0.4, -0.2) is 19.1 Å². The van der Waals surface area contributed by atoms with E-state index >= 15 is 0 Å². The monoisotopic (exact) mass is 338 g/mol. The Labute approximate surface area is 151 Å². The lowest BCUT2D eigenvalue weighted by Crippen LogP contribution is -2.01. The molecule has 4 heteroatoms. The molecule has 0 aliphatic rings. The molecule has 126 valence electrons. The van der Waals surface area contributed by atoms with Crippen LogP contribution < -0.4 is 0 Å². The van der Waals surface area contributed by atoms with Crippen LogP contribution in [0.2, 0.25) is 0 Å². The summed E-state index contributed by atoms with van der Waals surface area (Å²) >= 11 is 0. The fraction of sp³-hybridized carbons (Fsp3) is 0.0909. The zero-order chi connectivity index (χ0) is 17.3. The predicted octanol–water partition coefficient (Wildman–Crippen LogP) is 4.48. The molecule has 0 amide bonds. The molecule has 2 heterocycles. The fourth-order valence-corrected chi connectivity index (χ4v) is 3.49. The Hall–Kier alpha value is -3.40. The lowest BCUT2D eigenvalue weighted by molar-refractivity contribution is 0.803. The van der Waals surface area contributed by atoms with E-state index in [0.29, 0.717) is 0 Å². The van der Waals surface area contributed by atoms with E-state index in [0.717, 1.165) is 24.1 Å². The first-order valence-corrected chi connectivity index (χ1v) is 8.74. The molecule has 0 bridgehead atoms. The quantitative estimate of drug-likeness (QED) is 0.484. The Morgan fingerprint density at radius 2 is 1.08 bits per heavy atom. The summed E-state index contributed by atoms with van der Waals surface area (Å²) in [6.45, 7) is 1.64. The summed E-state index contributed by atoms with van der Waals surface area (Å²) in [6, 6.07) is 25.2. The molecule has 3 aromatic carbocycles. The molecule has 0 saturated heterocycles. The van der Waals surface area contributed by atoms with Gasteiger partial charge in [0.1, 0.15) is 0 Å². The van der Waals surface area contributed by atoms with Gasteiger partial charge >= 0.3 is 0 Å². The van der Waals surface area contributed by atoms with Gasteiger partial charge in [-0.3, -0.25) is 0 Å². The predicted molar refractivity (Wildman–Crippen MR) is 104 cm³/mol. The summed E-state index contributed by atoms with van der Waals surface area (Å²) in [5, 5.41) is 0. The SMILES string of the molecule is c1cc(Cn2cnc3ccccc32)cc(Cn2cnc3ccccc32)c1. The molecule has 0 fully saturated rings. The molecule has 0 aliphatic carbocycles. The first kappa shape index (κ1) is 14.9. The maximum Gasteiger partial charge on any atom is 0.0961 e. The minimum Gasteiger partial charge on any atom is -0.326 e. The topological polar surface area (TPSA) is 35.6 Å². The van der Waals surface area contributed by atoms with Crippen LogP contribution in [0.15, 0.2) is 85.5 Å². The molecule has 2 aromatic heterocycles. The third-order valence-corrected chi connectivity index (χ3v) is 4.75. The van der Waals surface area contributed by atoms with Crippen molar-refractivity contribution in [2.24, 2.45) is 0 Å². The van der Waals surface area contributed by atoms with Crippen molar-refractivity contribution >= 4 is 22.1 Å². The third-order valence-electron chi connectivity index (χ3n) is 4.75. The molecule has 5 aromatic rings. The van der Waals surface area contributed by atoms with Crippen molar-refractivity contribution in [2.75, 3.05) is 0 Å². The van der Waals surface area contributed by atoms with Crippen molar-refractivity contribution in [2.45, 2.75) is 13.1 Å². The number of fused-ring (bicyclic) bond motifs is 2. The van der Waals surface area contributed by atoms with Crippen LogP contribution in [0, 0.1) is 0 Å². The molecular formula is C22H18N4. The van der Waals surface area contributed by atoms with Gasteiger partial charge in [0.2, 0.25) is 0 Å². The normalized spacial score (nSPS) is 11.4. The van der Waals surface area contributed by atoms with Crippen molar-refractivity contribution < 1.29 is 0 Å². The summed E-state index contributed by atoms with van der Waals surface area (Å²) < 4.78 is 4.39. The van der Waals surface area contributed by atoms with Crippen LogP contribution in [0.1, 0.15) is 11.1 Å². The number of benzene rings is 3. The van der Waals surface area contributed by atoms with Crippen LogP contribution in [0.3, 0.4) is 0 Å². The smallest absolute Gasteiger partial charge is 0.0961 e. The number of aromatic nitrogens is 4. The first-order valence-electron chi connectivity index (χ1n) is 8.74. The number of para-hydroxylation sites is 4. The molecule has 5 rings (SSSR count). The van der Waals surface area contributed by atoms with Crippen molar-refractivity contribution in [3.05, 3.63) is 96.6 Å². The van der Waals surface area contributed by atoms with Gasteiger partial charge < -0.3 is 9.13 Å². The lowest BCUT2D eigenvalue weighted by atomic mass is 10.1. The molecule has 0 radical (unpaired) electrons. The summed E-state index contributed by atoms with van der Waals surface area (Å²) in [6.07, 6.45) is 3.83. The minimum absolute atomic E-state index is 0.818. The average molecular weight is 338 g/mol. The van der Waals surface area contributed by atoms with Crippen LogP contribution in [0.4, 0.5) is 0 Å². The molecule has 0 spiro atoms. The molecular weight excluding hydrogens is 320 g/mol. The molecule has 0 N–H and O–H groups in total. The molecule has 26 heavy (non-hydrogen) atoms. The number of rotatable bonds is 4. The number of hydrogen-bond donors (Lipinski definition) is 0.